The third-order valence-electron chi connectivity index (χ3n) is 13.1. The number of rotatable bonds is 7. The van der Waals surface area contributed by atoms with Gasteiger partial charge in [-0.05, 0) is 57.1 Å². The lowest BCUT2D eigenvalue weighted by molar-refractivity contribution is 0.848. The Morgan fingerprint density at radius 2 is 0.500 bits per heavy atom. The average Bonchev–Trinajstić information content (AvgIpc) is 4.01. The van der Waals surface area contributed by atoms with Gasteiger partial charge in [-0.2, -0.15) is 15.0 Å². The summed E-state index contributed by atoms with van der Waals surface area (Å²) < 4.78 is 6.62. The van der Waals surface area contributed by atoms with Crippen LogP contribution in [-0.2, 0) is 0 Å². The molecule has 0 fully saturated rings. The van der Waals surface area contributed by atoms with Crippen LogP contribution in [0, 0.1) is 0 Å². The van der Waals surface area contributed by atoms with Crippen LogP contribution in [0.25, 0.3) is 83.3 Å². The van der Waals surface area contributed by atoms with Crippen molar-refractivity contribution in [3.63, 3.8) is 0 Å². The second kappa shape index (κ2) is 14.3. The average molecular weight is 835 g/mol. The lowest BCUT2D eigenvalue weighted by Crippen LogP contribution is -2.74. The SMILES string of the molecule is c1ccc([Si](c2ccccc2)(c2ccccc2)c2ccc3c(c2)c2ccccc2n3-c2nc(-n3c4ccccc4c4ccccc43)nc(-n3c4ccccc4c4ccccc43)n2)cc1. The monoisotopic (exact) mass is 834 g/mol. The van der Waals surface area contributed by atoms with Gasteiger partial charge in [0.15, 0.2) is 8.07 Å². The molecule has 0 aliphatic heterocycles. The normalized spacial score (nSPS) is 12.1. The highest BCUT2D eigenvalue weighted by Crippen LogP contribution is 2.36. The van der Waals surface area contributed by atoms with E-state index >= 15 is 0 Å². The summed E-state index contributed by atoms with van der Waals surface area (Å²) in [4.78, 5) is 16.4. The molecule has 0 aliphatic rings. The number of para-hydroxylation sites is 5. The molecule has 0 N–H and O–H groups in total. The molecule has 0 radical (unpaired) electrons. The van der Waals surface area contributed by atoms with E-state index in [1.54, 1.807) is 0 Å². The minimum atomic E-state index is -2.83. The summed E-state index contributed by atoms with van der Waals surface area (Å²) in [6.45, 7) is 0. The molecule has 13 aromatic rings. The number of aromatic nitrogens is 6. The van der Waals surface area contributed by atoms with Gasteiger partial charge in [-0.1, -0.05) is 194 Å². The Morgan fingerprint density at radius 3 is 0.828 bits per heavy atom. The molecular formula is C57H38N6Si. The molecule has 6 nitrogen and oxygen atoms in total. The highest BCUT2D eigenvalue weighted by molar-refractivity contribution is 7.20. The molecule has 0 spiro atoms. The third-order valence-corrected chi connectivity index (χ3v) is 17.9. The Bertz CT molecular complexity index is 3570. The van der Waals surface area contributed by atoms with Gasteiger partial charge in [0.2, 0.25) is 17.8 Å². The van der Waals surface area contributed by atoms with Crippen LogP contribution >= 0.6 is 0 Å². The summed E-state index contributed by atoms with van der Waals surface area (Å²) >= 11 is 0. The van der Waals surface area contributed by atoms with E-state index in [1.807, 2.05) is 0 Å². The summed E-state index contributed by atoms with van der Waals surface area (Å²) in [6, 6.07) is 83.2. The largest absolute Gasteiger partial charge is 0.278 e. The van der Waals surface area contributed by atoms with Crippen LogP contribution in [0.3, 0.4) is 0 Å². The van der Waals surface area contributed by atoms with Crippen LogP contribution in [0.5, 0.6) is 0 Å². The molecule has 13 rings (SSSR count). The molecule has 4 aromatic heterocycles. The third kappa shape index (κ3) is 5.28. The van der Waals surface area contributed by atoms with Crippen LogP contribution in [-0.4, -0.2) is 36.7 Å². The molecule has 0 saturated heterocycles. The van der Waals surface area contributed by atoms with E-state index in [0.717, 1.165) is 65.4 Å². The predicted octanol–water partition coefficient (Wildman–Crippen LogP) is 10.5. The predicted molar refractivity (Wildman–Crippen MR) is 266 cm³/mol. The molecule has 0 unspecified atom stereocenters. The van der Waals surface area contributed by atoms with E-state index in [-0.39, 0.29) is 0 Å². The van der Waals surface area contributed by atoms with E-state index in [0.29, 0.717) is 17.8 Å². The highest BCUT2D eigenvalue weighted by atomic mass is 28.3. The van der Waals surface area contributed by atoms with Crippen LogP contribution in [0.4, 0.5) is 0 Å². The fourth-order valence-electron chi connectivity index (χ4n) is 10.4. The fraction of sp³-hybridized carbons (Fsp3) is 0. The number of nitrogens with zero attached hydrogens (tertiary/aromatic N) is 6. The molecule has 0 aliphatic carbocycles. The molecule has 0 atom stereocenters. The van der Waals surface area contributed by atoms with E-state index in [2.05, 4.69) is 244 Å². The Morgan fingerprint density at radius 1 is 0.234 bits per heavy atom. The van der Waals surface area contributed by atoms with Crippen molar-refractivity contribution in [1.82, 2.24) is 28.7 Å². The zero-order valence-corrected chi connectivity index (χ0v) is 35.6. The van der Waals surface area contributed by atoms with E-state index in [9.17, 15) is 0 Å². The molecule has 4 heterocycles. The number of fused-ring (bicyclic) bond motifs is 9. The van der Waals surface area contributed by atoms with Crippen LogP contribution in [0.1, 0.15) is 0 Å². The van der Waals surface area contributed by atoms with Gasteiger partial charge >= 0.3 is 0 Å². The van der Waals surface area contributed by atoms with Gasteiger partial charge in [-0.25, -0.2) is 0 Å². The van der Waals surface area contributed by atoms with Crippen molar-refractivity contribution >= 4 is 94.2 Å². The number of hydrogen-bond donors (Lipinski definition) is 0. The molecule has 0 amide bonds. The van der Waals surface area contributed by atoms with E-state index < -0.39 is 8.07 Å². The first-order valence-corrected chi connectivity index (χ1v) is 23.7. The number of hydrogen-bond acceptors (Lipinski definition) is 3. The highest BCUT2D eigenvalue weighted by Gasteiger charge is 2.41. The summed E-state index contributed by atoms with van der Waals surface area (Å²) in [5.74, 6) is 1.64. The molecule has 0 bridgehead atoms. The second-order valence-corrected chi connectivity index (χ2v) is 20.2. The van der Waals surface area contributed by atoms with Crippen molar-refractivity contribution < 1.29 is 0 Å². The van der Waals surface area contributed by atoms with Gasteiger partial charge in [0, 0.05) is 32.3 Å². The minimum Gasteiger partial charge on any atom is -0.278 e. The molecule has 7 heteroatoms. The second-order valence-electron chi connectivity index (χ2n) is 16.4. The minimum absolute atomic E-state index is 0.542. The van der Waals surface area contributed by atoms with Gasteiger partial charge in [0.1, 0.15) is 0 Å². The van der Waals surface area contributed by atoms with Crippen molar-refractivity contribution in [2.24, 2.45) is 0 Å². The molecule has 64 heavy (non-hydrogen) atoms. The van der Waals surface area contributed by atoms with Crippen LogP contribution in [0.2, 0.25) is 0 Å². The van der Waals surface area contributed by atoms with Crippen molar-refractivity contribution in [2.45, 2.75) is 0 Å². The van der Waals surface area contributed by atoms with Gasteiger partial charge < -0.3 is 0 Å². The Balaban J connectivity index is 1.13. The number of benzene rings is 9. The summed E-state index contributed by atoms with van der Waals surface area (Å²) in [5, 5.41) is 12.2. The van der Waals surface area contributed by atoms with Gasteiger partial charge in [0.05, 0.1) is 33.1 Å². The maximum Gasteiger partial charge on any atom is 0.241 e. The Labute approximate surface area is 369 Å². The van der Waals surface area contributed by atoms with E-state index in [1.165, 1.54) is 20.7 Å². The lowest BCUT2D eigenvalue weighted by Gasteiger charge is -2.34. The molecular weight excluding hydrogens is 797 g/mol. The zero-order chi connectivity index (χ0) is 42.2. The Hall–Kier alpha value is -8.39. The van der Waals surface area contributed by atoms with Gasteiger partial charge in [-0.3, -0.25) is 13.7 Å². The lowest BCUT2D eigenvalue weighted by atomic mass is 10.1. The molecule has 0 saturated carbocycles. The first kappa shape index (κ1) is 36.3. The topological polar surface area (TPSA) is 53.5 Å². The maximum atomic E-state index is 5.50. The fourth-order valence-corrected chi connectivity index (χ4v) is 15.2. The summed E-state index contributed by atoms with van der Waals surface area (Å²) in [5.41, 5.74) is 6.17. The molecule has 300 valence electrons. The quantitative estimate of drug-likeness (QED) is 0.119. The van der Waals surface area contributed by atoms with Gasteiger partial charge in [0.25, 0.3) is 0 Å². The van der Waals surface area contributed by atoms with Crippen LogP contribution < -0.4 is 20.7 Å². The summed E-state index contributed by atoms with van der Waals surface area (Å²) in [6.07, 6.45) is 0. The van der Waals surface area contributed by atoms with Crippen LogP contribution in [0.15, 0.2) is 231 Å². The summed E-state index contributed by atoms with van der Waals surface area (Å²) in [7, 11) is -2.83. The maximum absolute atomic E-state index is 5.50. The van der Waals surface area contributed by atoms with Crippen molar-refractivity contribution in [3.05, 3.63) is 231 Å². The van der Waals surface area contributed by atoms with E-state index in [4.69, 9.17) is 15.0 Å². The van der Waals surface area contributed by atoms with Crippen molar-refractivity contribution in [2.75, 3.05) is 0 Å². The van der Waals surface area contributed by atoms with Crippen molar-refractivity contribution in [3.8, 4) is 17.8 Å². The van der Waals surface area contributed by atoms with Gasteiger partial charge in [-0.15, -0.1) is 0 Å². The first-order chi connectivity index (χ1) is 31.8. The standard InChI is InChI=1S/C57H38N6Si/c1-4-20-39(21-5-1)64(40-22-6-2-7-23-40,41-24-8-3-9-25-41)42-36-37-54-48(38-42)47-30-14-19-35-53(47)63(54)57-59-55(61-49-31-15-10-26-43(49)44-27-11-16-32-50(44)61)58-56(60-57)62-51-33-17-12-28-45(51)46-29-13-18-34-52(46)62/h1-38H. The smallest absolute Gasteiger partial charge is 0.241 e. The zero-order valence-electron chi connectivity index (χ0n) is 34.6. The Kier molecular flexibility index (Phi) is 8.13. The molecule has 9 aromatic carbocycles. The van der Waals surface area contributed by atoms with Crippen molar-refractivity contribution in [1.29, 1.82) is 0 Å². The first-order valence-electron chi connectivity index (χ1n) is 21.7.